The average molecular weight is 371 g/mol. The van der Waals surface area contributed by atoms with Gasteiger partial charge >= 0.3 is 0 Å². The number of rotatable bonds is 2. The van der Waals surface area contributed by atoms with Gasteiger partial charge in [-0.1, -0.05) is 24.6 Å². The van der Waals surface area contributed by atoms with Crippen LogP contribution in [0.2, 0.25) is 0 Å². The maximum atomic E-state index is 12.5. The SMILES string of the molecule is CC12CCC3C(CCC4=C/C(=N\OC5CCNC5)CCC43C)C1CCC2=O. The lowest BCUT2D eigenvalue weighted by atomic mass is 9.47. The van der Waals surface area contributed by atoms with Crippen molar-refractivity contribution < 1.29 is 9.63 Å². The molecule has 4 aliphatic carbocycles. The number of Topliss-reactive ketones (excluding diaryl/α,β-unsaturated/α-hetero) is 1. The molecule has 4 fully saturated rings. The molecule has 1 aliphatic heterocycles. The van der Waals surface area contributed by atoms with Crippen molar-refractivity contribution in [2.24, 2.45) is 33.7 Å². The molecule has 0 aromatic rings. The predicted molar refractivity (Wildman–Crippen MR) is 107 cm³/mol. The molecule has 0 aromatic heterocycles. The van der Waals surface area contributed by atoms with Gasteiger partial charge in [-0.3, -0.25) is 4.79 Å². The molecule has 6 atom stereocenters. The van der Waals surface area contributed by atoms with Gasteiger partial charge in [0.15, 0.2) is 0 Å². The van der Waals surface area contributed by atoms with Gasteiger partial charge < -0.3 is 10.2 Å². The highest BCUT2D eigenvalue weighted by atomic mass is 16.6. The molecule has 0 spiro atoms. The Balaban J connectivity index is 1.36. The number of allylic oxidation sites excluding steroid dienone is 2. The molecule has 0 radical (unpaired) electrons. The van der Waals surface area contributed by atoms with Crippen molar-refractivity contribution >= 4 is 11.5 Å². The predicted octanol–water partition coefficient (Wildman–Crippen LogP) is 4.25. The highest BCUT2D eigenvalue weighted by Crippen LogP contribution is 2.64. The zero-order chi connectivity index (χ0) is 18.6. The van der Waals surface area contributed by atoms with E-state index in [0.29, 0.717) is 17.1 Å². The smallest absolute Gasteiger partial charge is 0.141 e. The van der Waals surface area contributed by atoms with Crippen LogP contribution >= 0.6 is 0 Å². The summed E-state index contributed by atoms with van der Waals surface area (Å²) in [5.41, 5.74) is 3.05. The molecule has 148 valence electrons. The first-order chi connectivity index (χ1) is 13.0. The number of ketones is 1. The Bertz CT molecular complexity index is 692. The second kappa shape index (κ2) is 6.43. The van der Waals surface area contributed by atoms with Crippen LogP contribution < -0.4 is 5.32 Å². The van der Waals surface area contributed by atoms with Crippen LogP contribution in [0.1, 0.15) is 71.6 Å². The number of nitrogens with zero attached hydrogens (tertiary/aromatic N) is 1. The first kappa shape index (κ1) is 17.9. The normalized spacial score (nSPS) is 48.0. The zero-order valence-corrected chi connectivity index (χ0v) is 16.9. The number of fused-ring (bicyclic) bond motifs is 5. The van der Waals surface area contributed by atoms with E-state index in [2.05, 4.69) is 30.4 Å². The van der Waals surface area contributed by atoms with Crippen LogP contribution in [-0.4, -0.2) is 30.7 Å². The summed E-state index contributed by atoms with van der Waals surface area (Å²) in [7, 11) is 0. The molecular weight excluding hydrogens is 336 g/mol. The first-order valence-corrected chi connectivity index (χ1v) is 11.2. The number of oxime groups is 1. The second-order valence-electron chi connectivity index (χ2n) is 10.2. The molecule has 0 bridgehead atoms. The van der Waals surface area contributed by atoms with E-state index in [9.17, 15) is 4.79 Å². The van der Waals surface area contributed by atoms with Crippen LogP contribution in [0.15, 0.2) is 16.8 Å². The molecule has 1 N–H and O–H groups in total. The lowest BCUT2D eigenvalue weighted by Crippen LogP contribution is -2.50. The highest BCUT2D eigenvalue weighted by Gasteiger charge is 2.58. The van der Waals surface area contributed by atoms with Crippen molar-refractivity contribution in [3.63, 3.8) is 0 Å². The fraction of sp³-hybridized carbons (Fsp3) is 0.826. The molecule has 0 aromatic carbocycles. The van der Waals surface area contributed by atoms with Crippen molar-refractivity contribution in [2.45, 2.75) is 77.7 Å². The zero-order valence-electron chi connectivity index (χ0n) is 16.9. The molecule has 27 heavy (non-hydrogen) atoms. The number of carbonyl (C=O) groups excluding carboxylic acids is 1. The topological polar surface area (TPSA) is 50.7 Å². The molecular formula is C23H34N2O2. The molecule has 3 saturated carbocycles. The third-order valence-electron chi connectivity index (χ3n) is 9.02. The second-order valence-corrected chi connectivity index (χ2v) is 10.2. The van der Waals surface area contributed by atoms with E-state index >= 15 is 0 Å². The molecule has 1 heterocycles. The van der Waals surface area contributed by atoms with E-state index in [1.165, 1.54) is 25.7 Å². The van der Waals surface area contributed by atoms with E-state index in [0.717, 1.165) is 62.7 Å². The van der Waals surface area contributed by atoms with Gasteiger partial charge in [-0.2, -0.15) is 0 Å². The van der Waals surface area contributed by atoms with Gasteiger partial charge in [0.25, 0.3) is 0 Å². The molecule has 4 heteroatoms. The summed E-state index contributed by atoms with van der Waals surface area (Å²) in [6, 6.07) is 0. The van der Waals surface area contributed by atoms with E-state index in [-0.39, 0.29) is 11.5 Å². The largest absolute Gasteiger partial charge is 0.391 e. The summed E-state index contributed by atoms with van der Waals surface area (Å²) in [6.07, 6.45) is 12.7. The van der Waals surface area contributed by atoms with E-state index in [1.54, 1.807) is 5.57 Å². The van der Waals surface area contributed by atoms with Gasteiger partial charge in [-0.15, -0.1) is 0 Å². The van der Waals surface area contributed by atoms with Crippen LogP contribution in [0.4, 0.5) is 0 Å². The molecule has 5 rings (SSSR count). The molecule has 6 unspecified atom stereocenters. The van der Waals surface area contributed by atoms with Crippen molar-refractivity contribution in [3.05, 3.63) is 11.6 Å². The maximum Gasteiger partial charge on any atom is 0.141 e. The Morgan fingerprint density at radius 1 is 1.04 bits per heavy atom. The monoisotopic (exact) mass is 370 g/mol. The number of hydrogen-bond donors (Lipinski definition) is 1. The lowest BCUT2D eigenvalue weighted by Gasteiger charge is -2.57. The number of carbonyl (C=O) groups is 1. The van der Waals surface area contributed by atoms with Crippen molar-refractivity contribution in [3.8, 4) is 0 Å². The van der Waals surface area contributed by atoms with Crippen LogP contribution in [-0.2, 0) is 9.63 Å². The van der Waals surface area contributed by atoms with E-state index in [1.807, 2.05) is 0 Å². The Morgan fingerprint density at radius 3 is 2.70 bits per heavy atom. The van der Waals surface area contributed by atoms with Crippen molar-refractivity contribution in [2.75, 3.05) is 13.1 Å². The quantitative estimate of drug-likeness (QED) is 0.739. The molecule has 4 nitrogen and oxygen atoms in total. The summed E-state index contributed by atoms with van der Waals surface area (Å²) < 4.78 is 0. The summed E-state index contributed by atoms with van der Waals surface area (Å²) in [6.45, 7) is 6.75. The van der Waals surface area contributed by atoms with Crippen LogP contribution in [0.3, 0.4) is 0 Å². The minimum absolute atomic E-state index is 0.0107. The summed E-state index contributed by atoms with van der Waals surface area (Å²) in [4.78, 5) is 18.3. The molecule has 5 aliphatic rings. The van der Waals surface area contributed by atoms with Gasteiger partial charge in [0, 0.05) is 24.8 Å². The third kappa shape index (κ3) is 2.73. The fourth-order valence-corrected chi connectivity index (χ4v) is 7.27. The number of hydrogen-bond acceptors (Lipinski definition) is 4. The highest BCUT2D eigenvalue weighted by molar-refractivity contribution is 5.96. The minimum atomic E-state index is -0.0107. The maximum absolute atomic E-state index is 12.5. The van der Waals surface area contributed by atoms with Gasteiger partial charge in [0.2, 0.25) is 0 Å². The first-order valence-electron chi connectivity index (χ1n) is 11.2. The summed E-state index contributed by atoms with van der Waals surface area (Å²) >= 11 is 0. The summed E-state index contributed by atoms with van der Waals surface area (Å²) in [5, 5.41) is 7.85. The Hall–Kier alpha value is -1.16. The average Bonchev–Trinajstić information content (AvgIpc) is 3.28. The molecule has 1 saturated heterocycles. The van der Waals surface area contributed by atoms with Gasteiger partial charge in [0.05, 0.1) is 5.71 Å². The van der Waals surface area contributed by atoms with Crippen molar-refractivity contribution in [1.29, 1.82) is 0 Å². The Kier molecular flexibility index (Phi) is 4.27. The fourth-order valence-electron chi connectivity index (χ4n) is 7.27. The van der Waals surface area contributed by atoms with E-state index in [4.69, 9.17) is 4.84 Å². The van der Waals surface area contributed by atoms with Crippen LogP contribution in [0, 0.1) is 28.6 Å². The Morgan fingerprint density at radius 2 is 1.89 bits per heavy atom. The molecule has 0 amide bonds. The number of nitrogens with one attached hydrogen (secondary N) is 1. The minimum Gasteiger partial charge on any atom is -0.391 e. The standard InChI is InChI=1S/C23H34N2O2/c1-22-10-7-16(25-27-17-9-12-24-14-17)13-15(22)3-4-18-19-5-6-21(26)23(19,2)11-8-20(18)22/h13,17-20,24H,3-12,14H2,1-2H3/b25-16-. The third-order valence-corrected chi connectivity index (χ3v) is 9.02. The van der Waals surface area contributed by atoms with Gasteiger partial charge in [0.1, 0.15) is 11.9 Å². The van der Waals surface area contributed by atoms with Crippen LogP contribution in [0.5, 0.6) is 0 Å². The van der Waals surface area contributed by atoms with E-state index < -0.39 is 0 Å². The van der Waals surface area contributed by atoms with Gasteiger partial charge in [-0.25, -0.2) is 0 Å². The van der Waals surface area contributed by atoms with Crippen molar-refractivity contribution in [1.82, 2.24) is 5.32 Å². The Labute approximate surface area is 163 Å². The van der Waals surface area contributed by atoms with Crippen LogP contribution in [0.25, 0.3) is 0 Å². The lowest BCUT2D eigenvalue weighted by molar-refractivity contribution is -0.132. The van der Waals surface area contributed by atoms with Gasteiger partial charge in [-0.05, 0) is 80.7 Å². The summed E-state index contributed by atoms with van der Waals surface area (Å²) in [5.74, 6) is 2.68.